The fourth-order valence-electron chi connectivity index (χ4n) is 5.84. The van der Waals surface area contributed by atoms with Crippen molar-refractivity contribution in [2.45, 2.75) is 51.6 Å². The summed E-state index contributed by atoms with van der Waals surface area (Å²) in [4.78, 5) is 30.6. The average molecular weight is 577 g/mol. The molecule has 3 aliphatic rings. The van der Waals surface area contributed by atoms with E-state index in [1.54, 1.807) is 0 Å². The third-order valence-corrected chi connectivity index (χ3v) is 8.57. The maximum Gasteiger partial charge on any atom is 0.260 e. The van der Waals surface area contributed by atoms with E-state index >= 15 is 0 Å². The molecule has 6 rings (SSSR count). The van der Waals surface area contributed by atoms with Gasteiger partial charge in [0.15, 0.2) is 5.90 Å². The van der Waals surface area contributed by atoms with Gasteiger partial charge in [-0.25, -0.2) is 9.98 Å². The highest BCUT2D eigenvalue weighted by atomic mass is 35.5. The largest absolute Gasteiger partial charge is 0.481 e. The van der Waals surface area contributed by atoms with E-state index in [0.29, 0.717) is 52.7 Å². The number of nitrogens with one attached hydrogen (secondary N) is 1. The Hall–Kier alpha value is -3.27. The standard InChI is InChI=1S/C31H37ClN6O3/c1-20-34-28(4-3-13-41-20)22-5-6-25(27(32)17-22)26-16-23-18-33-31(35-24-9-14-40-15-10-24)36-29(23)38(30(26)39)19-21-7-11-37(2)12-8-21/h4-6,16-18,21,24H,3,7-15,19H2,1-2H3,(H,33,35,36). The van der Waals surface area contributed by atoms with Crippen LogP contribution in [-0.2, 0) is 16.0 Å². The summed E-state index contributed by atoms with van der Waals surface area (Å²) in [5.41, 5.74) is 3.53. The lowest BCUT2D eigenvalue weighted by atomic mass is 9.96. The monoisotopic (exact) mass is 576 g/mol. The van der Waals surface area contributed by atoms with Crippen molar-refractivity contribution in [2.75, 3.05) is 45.3 Å². The van der Waals surface area contributed by atoms with E-state index in [1.807, 2.05) is 42.0 Å². The first-order valence-electron chi connectivity index (χ1n) is 14.6. The van der Waals surface area contributed by atoms with Crippen LogP contribution in [0.3, 0.4) is 0 Å². The fourth-order valence-corrected chi connectivity index (χ4v) is 6.13. The van der Waals surface area contributed by atoms with Crippen molar-refractivity contribution in [3.05, 3.63) is 57.5 Å². The number of benzene rings is 1. The van der Waals surface area contributed by atoms with Crippen LogP contribution in [0.4, 0.5) is 5.95 Å². The van der Waals surface area contributed by atoms with Crippen LogP contribution in [0, 0.1) is 5.92 Å². The van der Waals surface area contributed by atoms with E-state index in [9.17, 15) is 4.79 Å². The lowest BCUT2D eigenvalue weighted by Gasteiger charge is -2.29. The Kier molecular flexibility index (Phi) is 8.37. The molecule has 0 atom stereocenters. The molecule has 216 valence electrons. The zero-order valence-corrected chi connectivity index (χ0v) is 24.5. The molecule has 0 spiro atoms. The molecule has 5 heterocycles. The number of nitrogens with zero attached hydrogens (tertiary/aromatic N) is 5. The summed E-state index contributed by atoms with van der Waals surface area (Å²) in [5, 5.41) is 4.78. The van der Waals surface area contributed by atoms with Gasteiger partial charge in [0, 0.05) is 72.4 Å². The number of fused-ring (bicyclic) bond motifs is 1. The van der Waals surface area contributed by atoms with E-state index in [4.69, 9.17) is 26.1 Å². The van der Waals surface area contributed by atoms with Gasteiger partial charge in [0.05, 0.1) is 12.3 Å². The van der Waals surface area contributed by atoms with Crippen molar-refractivity contribution in [1.29, 1.82) is 0 Å². The third kappa shape index (κ3) is 6.32. The quantitative estimate of drug-likeness (QED) is 0.430. The molecule has 3 aromatic rings. The molecule has 3 aliphatic heterocycles. The van der Waals surface area contributed by atoms with Gasteiger partial charge in [-0.1, -0.05) is 29.8 Å². The number of anilines is 1. The van der Waals surface area contributed by atoms with E-state index in [0.717, 1.165) is 75.1 Å². The molecule has 0 unspecified atom stereocenters. The van der Waals surface area contributed by atoms with E-state index in [2.05, 4.69) is 33.3 Å². The Bertz CT molecular complexity index is 1540. The normalized spacial score (nSPS) is 19.4. The Morgan fingerprint density at radius 1 is 1.07 bits per heavy atom. The van der Waals surface area contributed by atoms with Gasteiger partial charge in [-0.15, -0.1) is 0 Å². The van der Waals surface area contributed by atoms with Crippen molar-refractivity contribution in [1.82, 2.24) is 19.4 Å². The lowest BCUT2D eigenvalue weighted by Crippen LogP contribution is -2.34. The second-order valence-corrected chi connectivity index (χ2v) is 11.7. The Labute approximate surface area is 245 Å². The minimum Gasteiger partial charge on any atom is -0.481 e. The molecule has 0 bridgehead atoms. The lowest BCUT2D eigenvalue weighted by molar-refractivity contribution is 0.0903. The number of ether oxygens (including phenoxy) is 2. The maximum atomic E-state index is 14.2. The Morgan fingerprint density at radius 3 is 2.66 bits per heavy atom. The SMILES string of the molecule is CC1=NC(c2ccc(-c3cc4cnc(NC5CCOCC5)nc4n(CC4CCN(C)CC4)c3=O)c(Cl)c2)=CCCO1. The van der Waals surface area contributed by atoms with Crippen molar-refractivity contribution >= 4 is 40.2 Å². The molecule has 1 N–H and O–H groups in total. The number of likely N-dealkylation sites (tertiary alicyclic amines) is 1. The first-order chi connectivity index (χ1) is 19.9. The van der Waals surface area contributed by atoms with Crippen LogP contribution in [-0.4, -0.2) is 71.3 Å². The minimum atomic E-state index is -0.0854. The number of piperidine rings is 1. The summed E-state index contributed by atoms with van der Waals surface area (Å²) in [5.74, 6) is 1.58. The minimum absolute atomic E-state index is 0.0854. The highest BCUT2D eigenvalue weighted by molar-refractivity contribution is 6.33. The molecule has 0 aliphatic carbocycles. The molecule has 10 heteroatoms. The summed E-state index contributed by atoms with van der Waals surface area (Å²) in [6.07, 6.45) is 8.54. The van der Waals surface area contributed by atoms with Gasteiger partial charge in [-0.05, 0) is 63.9 Å². The molecule has 0 radical (unpaired) electrons. The summed E-state index contributed by atoms with van der Waals surface area (Å²) in [7, 11) is 2.15. The fraction of sp³-hybridized carbons (Fsp3) is 0.484. The van der Waals surface area contributed by atoms with Crippen molar-refractivity contribution in [3.8, 4) is 11.1 Å². The zero-order valence-electron chi connectivity index (χ0n) is 23.7. The van der Waals surface area contributed by atoms with Gasteiger partial charge in [-0.2, -0.15) is 4.98 Å². The summed E-state index contributed by atoms with van der Waals surface area (Å²) < 4.78 is 12.9. The molecule has 2 fully saturated rings. The molecule has 2 aromatic heterocycles. The second-order valence-electron chi connectivity index (χ2n) is 11.3. The predicted octanol–water partition coefficient (Wildman–Crippen LogP) is 5.22. The van der Waals surface area contributed by atoms with Crippen LogP contribution in [0.1, 0.15) is 44.6 Å². The van der Waals surface area contributed by atoms with Crippen LogP contribution in [0.5, 0.6) is 0 Å². The van der Waals surface area contributed by atoms with Crippen LogP contribution in [0.25, 0.3) is 27.9 Å². The van der Waals surface area contributed by atoms with Gasteiger partial charge in [0.1, 0.15) is 5.65 Å². The molecule has 41 heavy (non-hydrogen) atoms. The highest BCUT2D eigenvalue weighted by Gasteiger charge is 2.22. The molecule has 2 saturated heterocycles. The van der Waals surface area contributed by atoms with Crippen molar-refractivity contribution < 1.29 is 9.47 Å². The van der Waals surface area contributed by atoms with E-state index in [-0.39, 0.29) is 11.6 Å². The summed E-state index contributed by atoms with van der Waals surface area (Å²) in [6, 6.07) is 7.91. The number of hydrogen-bond acceptors (Lipinski definition) is 8. The van der Waals surface area contributed by atoms with Gasteiger partial charge in [-0.3, -0.25) is 9.36 Å². The van der Waals surface area contributed by atoms with Crippen molar-refractivity contribution in [3.63, 3.8) is 0 Å². The zero-order chi connectivity index (χ0) is 28.3. The van der Waals surface area contributed by atoms with Crippen LogP contribution in [0.15, 0.2) is 46.3 Å². The number of halogens is 1. The second kappa shape index (κ2) is 12.3. The van der Waals surface area contributed by atoms with Gasteiger partial charge in [0.2, 0.25) is 5.95 Å². The van der Waals surface area contributed by atoms with Crippen LogP contribution < -0.4 is 10.9 Å². The van der Waals surface area contributed by atoms with Crippen molar-refractivity contribution in [2.24, 2.45) is 10.9 Å². The summed E-state index contributed by atoms with van der Waals surface area (Å²) in [6.45, 7) is 6.58. The molecular formula is C31H37ClN6O3. The molecular weight excluding hydrogens is 540 g/mol. The topological polar surface area (TPSA) is 93.9 Å². The smallest absolute Gasteiger partial charge is 0.260 e. The molecule has 0 amide bonds. The summed E-state index contributed by atoms with van der Waals surface area (Å²) >= 11 is 6.87. The first-order valence-corrected chi connectivity index (χ1v) is 14.9. The van der Waals surface area contributed by atoms with Crippen LogP contribution >= 0.6 is 11.6 Å². The first kappa shape index (κ1) is 27.9. The van der Waals surface area contributed by atoms with Crippen LogP contribution in [0.2, 0.25) is 5.02 Å². The number of rotatable bonds is 6. The third-order valence-electron chi connectivity index (χ3n) is 8.26. The predicted molar refractivity (Wildman–Crippen MR) is 164 cm³/mol. The number of pyridine rings is 1. The van der Waals surface area contributed by atoms with Gasteiger partial charge in [0.25, 0.3) is 5.56 Å². The molecule has 0 saturated carbocycles. The number of aromatic nitrogens is 3. The van der Waals surface area contributed by atoms with Gasteiger partial charge >= 0.3 is 0 Å². The molecule has 1 aromatic carbocycles. The number of hydrogen-bond donors (Lipinski definition) is 1. The molecule has 9 nitrogen and oxygen atoms in total. The Balaban J connectivity index is 1.40. The number of aliphatic imine (C=N–C) groups is 1. The maximum absolute atomic E-state index is 14.2. The average Bonchev–Trinajstić information content (AvgIpc) is 3.20. The highest BCUT2D eigenvalue weighted by Crippen LogP contribution is 2.32. The van der Waals surface area contributed by atoms with E-state index in [1.165, 1.54) is 0 Å². The van der Waals surface area contributed by atoms with Gasteiger partial charge < -0.3 is 19.7 Å². The Morgan fingerprint density at radius 2 is 1.88 bits per heavy atom. The van der Waals surface area contributed by atoms with E-state index < -0.39 is 0 Å².